The summed E-state index contributed by atoms with van der Waals surface area (Å²) < 4.78 is 34.7. The van der Waals surface area contributed by atoms with E-state index in [1.54, 1.807) is 20.8 Å². The molecular weight excluding hydrogens is 562 g/mol. The van der Waals surface area contributed by atoms with Gasteiger partial charge in [0.2, 0.25) is 11.8 Å². The van der Waals surface area contributed by atoms with E-state index in [0.29, 0.717) is 38.6 Å². The van der Waals surface area contributed by atoms with Gasteiger partial charge in [-0.3, -0.25) is 9.59 Å². The Morgan fingerprint density at radius 3 is 2.24 bits per heavy atom. The lowest BCUT2D eigenvalue weighted by Gasteiger charge is -2.30. The van der Waals surface area contributed by atoms with Crippen LogP contribution in [-0.4, -0.2) is 72.9 Å². The molecule has 2 saturated heterocycles. The number of hydrogen-bond donors (Lipinski definition) is 4. The summed E-state index contributed by atoms with van der Waals surface area (Å²) in [6, 6.07) is -1.80. The minimum atomic E-state index is -3.98. The van der Waals surface area contributed by atoms with Gasteiger partial charge in [0.1, 0.15) is 17.7 Å². The van der Waals surface area contributed by atoms with Crippen LogP contribution < -0.4 is 20.1 Å². The highest BCUT2D eigenvalue weighted by molar-refractivity contribution is 7.83. The predicted molar refractivity (Wildman–Crippen MR) is 155 cm³/mol. The molecule has 12 nitrogen and oxygen atoms in total. The first kappa shape index (κ1) is 32.7. The van der Waals surface area contributed by atoms with Crippen molar-refractivity contribution in [1.29, 1.82) is 0 Å². The first-order valence-corrected chi connectivity index (χ1v) is 17.4. The molecule has 4 fully saturated rings. The summed E-state index contributed by atoms with van der Waals surface area (Å²) in [4.78, 5) is 55.0. The van der Waals surface area contributed by atoms with Crippen molar-refractivity contribution in [2.45, 2.75) is 146 Å². The molecule has 0 bridgehead atoms. The maximum Gasteiger partial charge on any atom is 0.408 e. The second-order valence-electron chi connectivity index (χ2n) is 13.6. The van der Waals surface area contributed by atoms with Gasteiger partial charge < -0.3 is 20.3 Å². The quantitative estimate of drug-likeness (QED) is 0.367. The second-order valence-corrected chi connectivity index (χ2v) is 15.1. The summed E-state index contributed by atoms with van der Waals surface area (Å²) in [7, 11) is -3.98. The average Bonchev–Trinajstić information content (AvgIpc) is 3.35. The number of rotatable bonds is 5. The molecule has 2 aliphatic carbocycles. The van der Waals surface area contributed by atoms with Gasteiger partial charge in [0.05, 0.1) is 0 Å². The largest absolute Gasteiger partial charge is 0.444 e. The number of nitrogens with zero attached hydrogens (tertiary/aromatic N) is 1. The number of ether oxygens (including phenoxy) is 1. The van der Waals surface area contributed by atoms with Crippen molar-refractivity contribution in [2.24, 2.45) is 5.92 Å². The average molecular weight is 613 g/mol. The van der Waals surface area contributed by atoms with E-state index in [2.05, 4.69) is 15.4 Å². The fraction of sp³-hybridized carbons (Fsp3) is 0.862. The molecule has 5 N–H and O–H groups in total. The normalized spacial score (nSPS) is 30.3. The molecule has 0 aromatic heterocycles. The van der Waals surface area contributed by atoms with Crippen LogP contribution in [0.1, 0.15) is 117 Å². The molecule has 0 aromatic rings. The van der Waals surface area contributed by atoms with Gasteiger partial charge in [-0.2, -0.15) is 17.9 Å². The molecule has 13 heteroatoms. The Labute approximate surface area is 250 Å². The van der Waals surface area contributed by atoms with Crippen LogP contribution in [0, 0.1) is 5.92 Å². The lowest BCUT2D eigenvalue weighted by molar-refractivity contribution is -0.418. The lowest BCUT2D eigenvalue weighted by Crippen LogP contribution is -2.97. The van der Waals surface area contributed by atoms with E-state index in [9.17, 15) is 27.6 Å². The van der Waals surface area contributed by atoms with Gasteiger partial charge in [-0.25, -0.2) is 9.59 Å². The molecule has 2 saturated carbocycles. The standard InChI is InChI=1S/C29H49N5O7S/c1-28(2,3)41-27(38)30-22-16-11-6-4-5-8-13-20-19-29(20,31-24(35)23-17-12-18-34(23)25(22)36)26(37)33-42(39,40)32-21-14-9-7-10-15-21/h20-23,32H,4-19H2,1-3H3,(H,30,38)(H,31,35)(H,33,37)/p+1. The highest BCUT2D eigenvalue weighted by atomic mass is 32.2. The van der Waals surface area contributed by atoms with Crippen molar-refractivity contribution in [3.63, 3.8) is 0 Å². The Bertz CT molecular complexity index is 1120. The Balaban J connectivity index is 1.49. The molecule has 4 rings (SSSR count). The molecular formula is C29H50N5O7S+. The summed E-state index contributed by atoms with van der Waals surface area (Å²) in [6.45, 7) is 5.62. The van der Waals surface area contributed by atoms with Crippen molar-refractivity contribution < 1.29 is 37.1 Å². The van der Waals surface area contributed by atoms with Crippen molar-refractivity contribution >= 4 is 34.0 Å². The van der Waals surface area contributed by atoms with Gasteiger partial charge in [0, 0.05) is 12.6 Å². The SMILES string of the molecule is CC(C)(C)OC(=O)NC1CCCCCCCC2CC2(C(=O)[NH2+]S(=O)(=O)NC2CCCCC2)NC(=O)C2CCCN2C1=O. The number of hydrogen-bond acceptors (Lipinski definition) is 7. The number of fused-ring (bicyclic) bond motifs is 2. The van der Waals surface area contributed by atoms with Crippen LogP contribution in [-0.2, 0) is 29.3 Å². The van der Waals surface area contributed by atoms with E-state index in [1.165, 1.54) is 4.90 Å². The van der Waals surface area contributed by atoms with Crippen LogP contribution in [0.3, 0.4) is 0 Å². The highest BCUT2D eigenvalue weighted by Gasteiger charge is 2.64. The van der Waals surface area contributed by atoms with Gasteiger partial charge >= 0.3 is 22.2 Å². The number of amides is 4. The summed E-state index contributed by atoms with van der Waals surface area (Å²) in [6.07, 6.45) is 10.7. The van der Waals surface area contributed by atoms with Crippen LogP contribution in [0.15, 0.2) is 0 Å². The molecule has 42 heavy (non-hydrogen) atoms. The molecule has 2 aliphatic heterocycles. The molecule has 4 atom stereocenters. The second kappa shape index (κ2) is 13.6. The van der Waals surface area contributed by atoms with E-state index >= 15 is 0 Å². The smallest absolute Gasteiger partial charge is 0.408 e. The molecule has 4 unspecified atom stereocenters. The molecule has 238 valence electrons. The number of alkyl carbamates (subject to hydrolysis) is 1. The van der Waals surface area contributed by atoms with Crippen molar-refractivity contribution in [3.05, 3.63) is 0 Å². The molecule has 0 aromatic carbocycles. The minimum absolute atomic E-state index is 0.146. The van der Waals surface area contributed by atoms with Gasteiger partial charge in [-0.15, -0.1) is 0 Å². The first-order valence-electron chi connectivity index (χ1n) is 15.8. The molecule has 4 aliphatic rings. The van der Waals surface area contributed by atoms with E-state index in [4.69, 9.17) is 4.74 Å². The Morgan fingerprint density at radius 2 is 1.55 bits per heavy atom. The summed E-state index contributed by atoms with van der Waals surface area (Å²) in [5.74, 6) is -1.54. The zero-order chi connectivity index (χ0) is 30.5. The monoisotopic (exact) mass is 612 g/mol. The number of nitrogens with two attached hydrogens (primary N) is 1. The zero-order valence-electron chi connectivity index (χ0n) is 25.4. The number of carbonyl (C=O) groups excluding carboxylic acids is 4. The zero-order valence-corrected chi connectivity index (χ0v) is 26.2. The number of carbonyl (C=O) groups is 4. The van der Waals surface area contributed by atoms with Crippen LogP contribution >= 0.6 is 0 Å². The van der Waals surface area contributed by atoms with Gasteiger partial charge in [-0.05, 0) is 71.6 Å². The fourth-order valence-corrected chi connectivity index (χ4v) is 7.97. The van der Waals surface area contributed by atoms with Gasteiger partial charge in [-0.1, -0.05) is 51.4 Å². The van der Waals surface area contributed by atoms with E-state index in [-0.39, 0.29) is 17.9 Å². The molecule has 0 radical (unpaired) electrons. The van der Waals surface area contributed by atoms with E-state index < -0.39 is 51.3 Å². The van der Waals surface area contributed by atoms with Crippen LogP contribution in [0.2, 0.25) is 0 Å². The molecule has 4 amide bonds. The summed E-state index contributed by atoms with van der Waals surface area (Å²) in [5, 5.41) is 5.65. The van der Waals surface area contributed by atoms with Crippen LogP contribution in [0.5, 0.6) is 0 Å². The Kier molecular flexibility index (Phi) is 10.6. The first-order chi connectivity index (χ1) is 19.8. The number of quaternary nitrogens is 1. The lowest BCUT2D eigenvalue weighted by atomic mass is 9.96. The van der Waals surface area contributed by atoms with Crippen LogP contribution in [0.4, 0.5) is 4.79 Å². The maximum atomic E-state index is 13.7. The summed E-state index contributed by atoms with van der Waals surface area (Å²) in [5.41, 5.74) is -1.99. The van der Waals surface area contributed by atoms with Crippen molar-refractivity contribution in [3.8, 4) is 0 Å². The number of primary amides is 1. The Hall–Kier alpha value is -2.25. The maximum absolute atomic E-state index is 13.7. The molecule has 2 heterocycles. The Morgan fingerprint density at radius 1 is 0.929 bits per heavy atom. The highest BCUT2D eigenvalue weighted by Crippen LogP contribution is 2.47. The topological polar surface area (TPSA) is 168 Å². The third-order valence-electron chi connectivity index (χ3n) is 8.96. The van der Waals surface area contributed by atoms with Gasteiger partial charge in [0.15, 0.2) is 5.54 Å². The third kappa shape index (κ3) is 8.66. The summed E-state index contributed by atoms with van der Waals surface area (Å²) >= 11 is 0. The third-order valence-corrected chi connectivity index (χ3v) is 10.1. The van der Waals surface area contributed by atoms with Gasteiger partial charge in [0.25, 0.3) is 0 Å². The fourth-order valence-electron chi connectivity index (χ4n) is 6.71. The van der Waals surface area contributed by atoms with E-state index in [0.717, 1.165) is 68.9 Å². The van der Waals surface area contributed by atoms with Crippen LogP contribution in [0.25, 0.3) is 0 Å². The molecule has 0 spiro atoms. The van der Waals surface area contributed by atoms with E-state index in [1.807, 2.05) is 0 Å². The van der Waals surface area contributed by atoms with Crippen molar-refractivity contribution in [1.82, 2.24) is 20.3 Å². The number of nitrogens with one attached hydrogen (secondary N) is 3. The minimum Gasteiger partial charge on any atom is -0.444 e. The predicted octanol–water partition coefficient (Wildman–Crippen LogP) is 1.75. The van der Waals surface area contributed by atoms with Crippen molar-refractivity contribution in [2.75, 3.05) is 6.54 Å².